The first-order valence-electron chi connectivity index (χ1n) is 4.00. The normalized spacial score (nSPS) is 10.3. The molecule has 0 aliphatic rings. The summed E-state index contributed by atoms with van der Waals surface area (Å²) in [6.45, 7) is 5.46. The highest BCUT2D eigenvalue weighted by Gasteiger charge is 2.02. The van der Waals surface area contributed by atoms with Crippen LogP contribution in [0.1, 0.15) is 11.1 Å². The summed E-state index contributed by atoms with van der Waals surface area (Å²) in [5.41, 5.74) is 1.78. The van der Waals surface area contributed by atoms with Crippen molar-refractivity contribution in [3.63, 3.8) is 0 Å². The summed E-state index contributed by atoms with van der Waals surface area (Å²) in [4.78, 5) is 0.412. The molecular weight excluding hydrogens is 184 g/mol. The Morgan fingerprint density at radius 2 is 2.15 bits per heavy atom. The van der Waals surface area contributed by atoms with Gasteiger partial charge in [-0.15, -0.1) is 6.58 Å². The van der Waals surface area contributed by atoms with Gasteiger partial charge >= 0.3 is 0 Å². The average molecular weight is 196 g/mol. The van der Waals surface area contributed by atoms with E-state index in [1.54, 1.807) is 12.1 Å². The smallest absolute Gasteiger partial charge is 0.168 e. The zero-order valence-electron chi connectivity index (χ0n) is 7.49. The van der Waals surface area contributed by atoms with E-state index in [2.05, 4.69) is 6.58 Å². The minimum atomic E-state index is -2.49. The summed E-state index contributed by atoms with van der Waals surface area (Å²) >= 11 is 0. The summed E-state index contributed by atoms with van der Waals surface area (Å²) < 4.78 is 21.7. The molecule has 3 heteroatoms. The van der Waals surface area contributed by atoms with Crippen molar-refractivity contribution >= 4 is 10.7 Å². The quantitative estimate of drug-likeness (QED) is 0.589. The van der Waals surface area contributed by atoms with Gasteiger partial charge in [0.1, 0.15) is 0 Å². The second-order valence-corrected chi connectivity index (χ2v) is 3.88. The predicted octanol–water partition coefficient (Wildman–Crippen LogP) is 1.69. The third kappa shape index (κ3) is 2.42. The number of hydrogen-bond donors (Lipinski definition) is 1. The Balaban J connectivity index is 3.25. The maximum Gasteiger partial charge on any atom is 0.168 e. The molecular formula is C10H12O2S. The molecule has 0 bridgehead atoms. The van der Waals surface area contributed by atoms with Gasteiger partial charge in [0.05, 0.1) is 4.90 Å². The molecule has 0 saturated heterocycles. The van der Waals surface area contributed by atoms with Crippen molar-refractivity contribution in [3.05, 3.63) is 42.0 Å². The Hall–Kier alpha value is -1.09. The van der Waals surface area contributed by atoms with Crippen LogP contribution in [0.25, 0.3) is 0 Å². The first-order valence-corrected chi connectivity index (χ1v) is 5.17. The van der Waals surface area contributed by atoms with Crippen LogP contribution in [-0.4, -0.2) is 8.42 Å². The van der Waals surface area contributed by atoms with Crippen molar-refractivity contribution in [1.29, 1.82) is 0 Å². The van der Waals surface area contributed by atoms with Crippen molar-refractivity contribution < 1.29 is 8.42 Å². The monoisotopic (exact) mass is 196 g/mol. The molecule has 0 radical (unpaired) electrons. The summed E-state index contributed by atoms with van der Waals surface area (Å²) in [6, 6.07) is 5.42. The standard InChI is InChI=1S/C10H12O2S/c1-3-4-9-6-5-8(2)7-10(9)13(11)12/h3,5-7,13H,1,4H2,2H3. The third-order valence-corrected chi connectivity index (χ3v) is 2.61. The highest BCUT2D eigenvalue weighted by Crippen LogP contribution is 2.13. The number of benzene rings is 1. The molecule has 0 heterocycles. The van der Waals surface area contributed by atoms with E-state index in [-0.39, 0.29) is 0 Å². The van der Waals surface area contributed by atoms with Gasteiger partial charge in [-0.3, -0.25) is 0 Å². The molecule has 70 valence electrons. The lowest BCUT2D eigenvalue weighted by Crippen LogP contribution is -1.91. The Kier molecular flexibility index (Phi) is 3.25. The van der Waals surface area contributed by atoms with Crippen molar-refractivity contribution in [3.8, 4) is 0 Å². The van der Waals surface area contributed by atoms with Gasteiger partial charge in [-0.2, -0.15) is 0 Å². The number of aryl methyl sites for hydroxylation is 1. The lowest BCUT2D eigenvalue weighted by molar-refractivity contribution is 0.613. The van der Waals surface area contributed by atoms with Gasteiger partial charge in [0, 0.05) is 0 Å². The lowest BCUT2D eigenvalue weighted by atomic mass is 10.1. The molecule has 0 saturated carbocycles. The maximum atomic E-state index is 10.9. The molecule has 1 rings (SSSR count). The zero-order chi connectivity index (χ0) is 9.84. The van der Waals surface area contributed by atoms with Crippen molar-refractivity contribution in [1.82, 2.24) is 0 Å². The molecule has 0 N–H and O–H groups in total. The van der Waals surface area contributed by atoms with Crippen LogP contribution in [0.4, 0.5) is 0 Å². The minimum Gasteiger partial charge on any atom is -0.227 e. The van der Waals surface area contributed by atoms with Crippen LogP contribution >= 0.6 is 0 Å². The van der Waals surface area contributed by atoms with Crippen LogP contribution in [0.2, 0.25) is 0 Å². The largest absolute Gasteiger partial charge is 0.227 e. The SMILES string of the molecule is C=CCc1ccc(C)cc1[SH](=O)=O. The Morgan fingerprint density at radius 1 is 1.46 bits per heavy atom. The van der Waals surface area contributed by atoms with Crippen LogP contribution in [0.5, 0.6) is 0 Å². The number of allylic oxidation sites excluding steroid dienone is 1. The van der Waals surface area contributed by atoms with E-state index in [1.165, 1.54) is 0 Å². The van der Waals surface area contributed by atoms with Gasteiger partial charge in [0.15, 0.2) is 10.7 Å². The van der Waals surface area contributed by atoms with Gasteiger partial charge in [0.2, 0.25) is 0 Å². The molecule has 1 aromatic carbocycles. The first kappa shape index (κ1) is 9.99. The number of thiol groups is 1. The summed E-state index contributed by atoms with van der Waals surface area (Å²) in [5.74, 6) is 0. The number of hydrogen-bond acceptors (Lipinski definition) is 2. The van der Waals surface area contributed by atoms with E-state index in [0.29, 0.717) is 11.3 Å². The van der Waals surface area contributed by atoms with Gasteiger partial charge in [-0.05, 0) is 30.5 Å². The van der Waals surface area contributed by atoms with Crippen LogP contribution < -0.4 is 0 Å². The van der Waals surface area contributed by atoms with E-state index in [1.807, 2.05) is 19.1 Å². The van der Waals surface area contributed by atoms with Gasteiger partial charge < -0.3 is 0 Å². The molecule has 13 heavy (non-hydrogen) atoms. The minimum absolute atomic E-state index is 0.412. The molecule has 2 nitrogen and oxygen atoms in total. The Morgan fingerprint density at radius 3 is 2.69 bits per heavy atom. The van der Waals surface area contributed by atoms with Crippen LogP contribution in [-0.2, 0) is 17.1 Å². The van der Waals surface area contributed by atoms with Crippen LogP contribution in [0, 0.1) is 6.92 Å². The third-order valence-electron chi connectivity index (χ3n) is 1.80. The summed E-state index contributed by atoms with van der Waals surface area (Å²) in [5, 5.41) is 0. The molecule has 0 atom stereocenters. The van der Waals surface area contributed by atoms with Gasteiger partial charge in [-0.25, -0.2) is 8.42 Å². The molecule has 0 amide bonds. The molecule has 0 spiro atoms. The topological polar surface area (TPSA) is 34.1 Å². The molecule has 0 fully saturated rings. The summed E-state index contributed by atoms with van der Waals surface area (Å²) in [7, 11) is -2.49. The molecule has 0 aromatic heterocycles. The fourth-order valence-corrected chi connectivity index (χ4v) is 1.88. The Labute approximate surface area is 79.9 Å². The van der Waals surface area contributed by atoms with Crippen LogP contribution in [0.3, 0.4) is 0 Å². The first-order chi connectivity index (χ1) is 6.15. The van der Waals surface area contributed by atoms with Crippen molar-refractivity contribution in [2.24, 2.45) is 0 Å². The molecule has 1 aromatic rings. The average Bonchev–Trinajstić information content (AvgIpc) is 2.08. The van der Waals surface area contributed by atoms with Crippen molar-refractivity contribution in [2.75, 3.05) is 0 Å². The highest BCUT2D eigenvalue weighted by molar-refractivity contribution is 7.72. The molecule has 0 aliphatic carbocycles. The van der Waals surface area contributed by atoms with Gasteiger partial charge in [0.25, 0.3) is 0 Å². The fraction of sp³-hybridized carbons (Fsp3) is 0.200. The molecule has 0 aliphatic heterocycles. The van der Waals surface area contributed by atoms with E-state index < -0.39 is 10.7 Å². The van der Waals surface area contributed by atoms with Gasteiger partial charge in [-0.1, -0.05) is 18.2 Å². The Bertz CT molecular complexity index is 384. The second kappa shape index (κ2) is 4.23. The maximum absolute atomic E-state index is 10.9. The van der Waals surface area contributed by atoms with E-state index >= 15 is 0 Å². The highest BCUT2D eigenvalue weighted by atomic mass is 32.2. The zero-order valence-corrected chi connectivity index (χ0v) is 8.38. The second-order valence-electron chi connectivity index (χ2n) is 2.88. The predicted molar refractivity (Wildman–Crippen MR) is 53.7 cm³/mol. The summed E-state index contributed by atoms with van der Waals surface area (Å²) in [6.07, 6.45) is 2.30. The number of rotatable bonds is 3. The van der Waals surface area contributed by atoms with E-state index in [9.17, 15) is 8.42 Å². The molecule has 0 unspecified atom stereocenters. The lowest BCUT2D eigenvalue weighted by Gasteiger charge is -2.02. The fourth-order valence-electron chi connectivity index (χ4n) is 1.17. The van der Waals surface area contributed by atoms with E-state index in [0.717, 1.165) is 11.1 Å². The van der Waals surface area contributed by atoms with Crippen molar-refractivity contribution in [2.45, 2.75) is 18.2 Å². The van der Waals surface area contributed by atoms with E-state index in [4.69, 9.17) is 0 Å². The van der Waals surface area contributed by atoms with Crippen LogP contribution in [0.15, 0.2) is 35.7 Å².